The molecule has 0 aromatic rings. The highest BCUT2D eigenvalue weighted by Gasteiger charge is 2.26. The summed E-state index contributed by atoms with van der Waals surface area (Å²) in [5.41, 5.74) is 0. The molecule has 1 aliphatic heterocycles. The van der Waals surface area contributed by atoms with Crippen molar-refractivity contribution in [3.8, 4) is 0 Å². The van der Waals surface area contributed by atoms with E-state index in [-0.39, 0.29) is 6.03 Å². The first-order valence-corrected chi connectivity index (χ1v) is 5.61. The summed E-state index contributed by atoms with van der Waals surface area (Å²) in [6.07, 6.45) is 2.26. The van der Waals surface area contributed by atoms with Gasteiger partial charge >= 0.3 is 6.03 Å². The molecule has 0 saturated carbocycles. The zero-order valence-corrected chi connectivity index (χ0v) is 9.79. The van der Waals surface area contributed by atoms with E-state index >= 15 is 0 Å². The van der Waals surface area contributed by atoms with Crippen molar-refractivity contribution >= 4 is 6.03 Å². The van der Waals surface area contributed by atoms with E-state index in [0.29, 0.717) is 12.1 Å². The lowest BCUT2D eigenvalue weighted by Crippen LogP contribution is -2.47. The van der Waals surface area contributed by atoms with Gasteiger partial charge in [-0.15, -0.1) is 0 Å². The Hall–Kier alpha value is -0.730. The fraction of sp³-hybridized carbons (Fsp3) is 0.909. The summed E-state index contributed by atoms with van der Waals surface area (Å²) in [5, 5.41) is 0. The van der Waals surface area contributed by atoms with Crippen LogP contribution in [0.5, 0.6) is 0 Å². The molecular weight excluding hydrogens is 176 g/mol. The Balaban J connectivity index is 2.74. The average molecular weight is 198 g/mol. The van der Waals surface area contributed by atoms with Crippen LogP contribution in [-0.2, 0) is 0 Å². The molecule has 0 aromatic carbocycles. The van der Waals surface area contributed by atoms with Crippen LogP contribution in [0.25, 0.3) is 0 Å². The Kier molecular flexibility index (Phi) is 3.78. The SMILES string of the molecule is CC(C)N1CCCCN(C(C)C)C1=O. The van der Waals surface area contributed by atoms with Crippen molar-refractivity contribution in [2.24, 2.45) is 0 Å². The van der Waals surface area contributed by atoms with Crippen LogP contribution in [0.4, 0.5) is 4.79 Å². The standard InChI is InChI=1S/C11H22N2O/c1-9(2)12-7-5-6-8-13(10(3)4)11(12)14/h9-10H,5-8H2,1-4H3. The van der Waals surface area contributed by atoms with Crippen molar-refractivity contribution in [3.63, 3.8) is 0 Å². The molecule has 1 rings (SSSR count). The van der Waals surface area contributed by atoms with Crippen LogP contribution in [0, 0.1) is 0 Å². The zero-order chi connectivity index (χ0) is 10.7. The third-order valence-electron chi connectivity index (χ3n) is 2.79. The minimum absolute atomic E-state index is 0.215. The molecule has 1 aliphatic rings. The van der Waals surface area contributed by atoms with Crippen molar-refractivity contribution in [1.82, 2.24) is 9.80 Å². The molecule has 0 N–H and O–H groups in total. The van der Waals surface area contributed by atoms with Crippen LogP contribution in [-0.4, -0.2) is 41.0 Å². The van der Waals surface area contributed by atoms with Gasteiger partial charge in [-0.1, -0.05) is 0 Å². The zero-order valence-electron chi connectivity index (χ0n) is 9.79. The number of urea groups is 1. The molecule has 0 spiro atoms. The average Bonchev–Trinajstić information content (AvgIpc) is 2.26. The molecule has 0 aromatic heterocycles. The lowest BCUT2D eigenvalue weighted by atomic mass is 10.2. The molecule has 2 amide bonds. The van der Waals surface area contributed by atoms with Crippen LogP contribution in [0.2, 0.25) is 0 Å². The molecule has 0 radical (unpaired) electrons. The topological polar surface area (TPSA) is 23.6 Å². The van der Waals surface area contributed by atoms with Gasteiger partial charge in [0.15, 0.2) is 0 Å². The molecule has 82 valence electrons. The maximum absolute atomic E-state index is 12.1. The molecule has 1 saturated heterocycles. The van der Waals surface area contributed by atoms with Crippen LogP contribution in [0.15, 0.2) is 0 Å². The van der Waals surface area contributed by atoms with Gasteiger partial charge in [-0.2, -0.15) is 0 Å². The van der Waals surface area contributed by atoms with Gasteiger partial charge in [0.25, 0.3) is 0 Å². The van der Waals surface area contributed by atoms with Gasteiger partial charge in [-0.3, -0.25) is 0 Å². The quantitative estimate of drug-likeness (QED) is 0.668. The maximum atomic E-state index is 12.1. The van der Waals surface area contributed by atoms with Gasteiger partial charge < -0.3 is 9.80 Å². The highest BCUT2D eigenvalue weighted by Crippen LogP contribution is 2.14. The van der Waals surface area contributed by atoms with Crippen molar-refractivity contribution in [2.75, 3.05) is 13.1 Å². The summed E-state index contributed by atoms with van der Waals surface area (Å²) in [7, 11) is 0. The third kappa shape index (κ3) is 2.40. The van der Waals surface area contributed by atoms with Crippen molar-refractivity contribution < 1.29 is 4.79 Å². The Morgan fingerprint density at radius 2 is 1.29 bits per heavy atom. The van der Waals surface area contributed by atoms with Gasteiger partial charge in [0.1, 0.15) is 0 Å². The Bertz CT molecular complexity index is 181. The summed E-state index contributed by atoms with van der Waals surface area (Å²) in [6.45, 7) is 10.2. The number of carbonyl (C=O) groups excluding carboxylic acids is 1. The van der Waals surface area contributed by atoms with E-state index in [1.165, 1.54) is 0 Å². The number of carbonyl (C=O) groups is 1. The molecular formula is C11H22N2O. The summed E-state index contributed by atoms with van der Waals surface area (Å²) in [5.74, 6) is 0. The minimum Gasteiger partial charge on any atom is -0.322 e. The van der Waals surface area contributed by atoms with E-state index < -0.39 is 0 Å². The van der Waals surface area contributed by atoms with E-state index in [0.717, 1.165) is 25.9 Å². The lowest BCUT2D eigenvalue weighted by Gasteiger charge is -2.32. The second kappa shape index (κ2) is 4.67. The van der Waals surface area contributed by atoms with Gasteiger partial charge in [0.05, 0.1) is 0 Å². The van der Waals surface area contributed by atoms with E-state index in [1.807, 2.05) is 9.80 Å². The summed E-state index contributed by atoms with van der Waals surface area (Å²) in [4.78, 5) is 16.0. The summed E-state index contributed by atoms with van der Waals surface area (Å²) < 4.78 is 0. The van der Waals surface area contributed by atoms with Crippen LogP contribution in [0.3, 0.4) is 0 Å². The highest BCUT2D eigenvalue weighted by atomic mass is 16.2. The predicted octanol–water partition coefficient (Wildman–Crippen LogP) is 2.32. The first-order valence-electron chi connectivity index (χ1n) is 5.61. The molecule has 0 unspecified atom stereocenters. The third-order valence-corrected chi connectivity index (χ3v) is 2.79. The second-order valence-electron chi connectivity index (χ2n) is 4.56. The molecule has 3 nitrogen and oxygen atoms in total. The molecule has 3 heteroatoms. The fourth-order valence-electron chi connectivity index (χ4n) is 1.88. The van der Waals surface area contributed by atoms with Gasteiger partial charge in [0, 0.05) is 25.2 Å². The second-order valence-corrected chi connectivity index (χ2v) is 4.56. The largest absolute Gasteiger partial charge is 0.322 e. The smallest absolute Gasteiger partial charge is 0.320 e. The number of amides is 2. The highest BCUT2D eigenvalue weighted by molar-refractivity contribution is 5.75. The fourth-order valence-corrected chi connectivity index (χ4v) is 1.88. The van der Waals surface area contributed by atoms with E-state index in [1.54, 1.807) is 0 Å². The van der Waals surface area contributed by atoms with Crippen LogP contribution >= 0.6 is 0 Å². The van der Waals surface area contributed by atoms with E-state index in [4.69, 9.17) is 0 Å². The number of hydrogen-bond donors (Lipinski definition) is 0. The first kappa shape index (κ1) is 11.3. The molecule has 1 heterocycles. The summed E-state index contributed by atoms with van der Waals surface area (Å²) in [6, 6.07) is 0.858. The molecule has 0 atom stereocenters. The first-order chi connectivity index (χ1) is 6.54. The van der Waals surface area contributed by atoms with E-state index in [9.17, 15) is 4.79 Å². The number of nitrogens with zero attached hydrogens (tertiary/aromatic N) is 2. The Labute approximate surface area is 87.1 Å². The maximum Gasteiger partial charge on any atom is 0.320 e. The van der Waals surface area contributed by atoms with E-state index in [2.05, 4.69) is 27.7 Å². The monoisotopic (exact) mass is 198 g/mol. The van der Waals surface area contributed by atoms with Gasteiger partial charge in [-0.05, 0) is 40.5 Å². The van der Waals surface area contributed by atoms with Crippen LogP contribution in [0.1, 0.15) is 40.5 Å². The Morgan fingerprint density at radius 1 is 0.929 bits per heavy atom. The molecule has 14 heavy (non-hydrogen) atoms. The number of hydrogen-bond acceptors (Lipinski definition) is 1. The van der Waals surface area contributed by atoms with Gasteiger partial charge in [0.2, 0.25) is 0 Å². The van der Waals surface area contributed by atoms with Crippen LogP contribution < -0.4 is 0 Å². The summed E-state index contributed by atoms with van der Waals surface area (Å²) >= 11 is 0. The molecule has 1 fully saturated rings. The van der Waals surface area contributed by atoms with Gasteiger partial charge in [-0.25, -0.2) is 4.79 Å². The lowest BCUT2D eigenvalue weighted by molar-refractivity contribution is 0.140. The minimum atomic E-state index is 0.215. The van der Waals surface area contributed by atoms with Crippen molar-refractivity contribution in [1.29, 1.82) is 0 Å². The molecule has 0 bridgehead atoms. The normalized spacial score (nSPS) is 19.4. The van der Waals surface area contributed by atoms with Crippen molar-refractivity contribution in [2.45, 2.75) is 52.6 Å². The Morgan fingerprint density at radius 3 is 1.57 bits per heavy atom. The van der Waals surface area contributed by atoms with Crippen molar-refractivity contribution in [3.05, 3.63) is 0 Å². The predicted molar refractivity (Wildman–Crippen MR) is 58.3 cm³/mol. The molecule has 0 aliphatic carbocycles. The number of rotatable bonds is 2.